The van der Waals surface area contributed by atoms with Gasteiger partial charge in [0.2, 0.25) is 0 Å². The van der Waals surface area contributed by atoms with E-state index >= 15 is 0 Å². The van der Waals surface area contributed by atoms with Gasteiger partial charge in [-0.2, -0.15) is 0 Å². The van der Waals surface area contributed by atoms with Gasteiger partial charge in [0, 0.05) is 24.5 Å². The number of pyridine rings is 1. The first-order chi connectivity index (χ1) is 13.2. The van der Waals surface area contributed by atoms with Gasteiger partial charge in [0.05, 0.1) is 12.2 Å². The molecule has 0 fully saturated rings. The molecule has 4 aromatic rings. The maximum Gasteiger partial charge on any atom is 0.258 e. The largest absolute Gasteiger partial charge is 0.361 e. The zero-order chi connectivity index (χ0) is 18.6. The maximum atomic E-state index is 12.4. The average Bonchev–Trinajstić information content (AvgIpc) is 2.68. The predicted octanol–water partition coefficient (Wildman–Crippen LogP) is 4.21. The number of anilines is 1. The molecule has 0 N–H and O–H groups in total. The molecule has 0 bridgehead atoms. The molecule has 27 heavy (non-hydrogen) atoms. The number of nitrogens with zero attached hydrogens (tertiary/aromatic N) is 3. The molecule has 2 aromatic heterocycles. The lowest BCUT2D eigenvalue weighted by Crippen LogP contribution is -2.25. The van der Waals surface area contributed by atoms with Crippen molar-refractivity contribution in [2.75, 3.05) is 4.90 Å². The minimum absolute atomic E-state index is 0.0560. The van der Waals surface area contributed by atoms with Crippen LogP contribution in [-0.4, -0.2) is 9.38 Å². The van der Waals surface area contributed by atoms with E-state index in [4.69, 9.17) is 0 Å². The number of rotatable bonds is 5. The van der Waals surface area contributed by atoms with E-state index in [1.165, 1.54) is 11.1 Å². The van der Waals surface area contributed by atoms with Crippen LogP contribution >= 0.6 is 0 Å². The lowest BCUT2D eigenvalue weighted by atomic mass is 10.1. The Labute approximate surface area is 158 Å². The molecule has 4 heteroatoms. The molecular weight excluding hydrogens is 334 g/mol. The first-order valence-corrected chi connectivity index (χ1v) is 9.02. The summed E-state index contributed by atoms with van der Waals surface area (Å²) in [4.78, 5) is 19.4. The van der Waals surface area contributed by atoms with Gasteiger partial charge < -0.3 is 4.90 Å². The van der Waals surface area contributed by atoms with E-state index in [9.17, 15) is 4.79 Å². The van der Waals surface area contributed by atoms with Crippen LogP contribution in [0.4, 0.5) is 5.69 Å². The van der Waals surface area contributed by atoms with Crippen LogP contribution in [0.25, 0.3) is 5.65 Å². The van der Waals surface area contributed by atoms with Crippen molar-refractivity contribution in [3.05, 3.63) is 112 Å². The normalized spacial score (nSPS) is 10.9. The quantitative estimate of drug-likeness (QED) is 0.538. The van der Waals surface area contributed by atoms with E-state index in [2.05, 4.69) is 53.2 Å². The van der Waals surface area contributed by atoms with Crippen molar-refractivity contribution in [1.82, 2.24) is 9.38 Å². The molecule has 0 amide bonds. The molecule has 0 saturated heterocycles. The molecule has 0 aliphatic heterocycles. The van der Waals surface area contributed by atoms with Gasteiger partial charge in [-0.25, -0.2) is 4.98 Å². The summed E-state index contributed by atoms with van der Waals surface area (Å²) in [7, 11) is 0. The summed E-state index contributed by atoms with van der Waals surface area (Å²) in [6.07, 6.45) is 1.75. The Balaban J connectivity index is 1.71. The molecule has 0 aliphatic carbocycles. The van der Waals surface area contributed by atoms with Crippen LogP contribution in [0, 0.1) is 6.92 Å². The van der Waals surface area contributed by atoms with Gasteiger partial charge in [-0.1, -0.05) is 48.5 Å². The van der Waals surface area contributed by atoms with Crippen LogP contribution in [0.2, 0.25) is 0 Å². The van der Waals surface area contributed by atoms with Crippen molar-refractivity contribution in [2.24, 2.45) is 0 Å². The van der Waals surface area contributed by atoms with Gasteiger partial charge >= 0.3 is 0 Å². The summed E-state index contributed by atoms with van der Waals surface area (Å²) in [5.74, 6) is 0. The fraction of sp³-hybridized carbons (Fsp3) is 0.130. The van der Waals surface area contributed by atoms with Crippen LogP contribution in [-0.2, 0) is 13.1 Å². The van der Waals surface area contributed by atoms with E-state index in [0.717, 1.165) is 17.9 Å². The second-order valence-electron chi connectivity index (χ2n) is 6.70. The van der Waals surface area contributed by atoms with Gasteiger partial charge in [-0.15, -0.1) is 0 Å². The second kappa shape index (κ2) is 7.46. The minimum atomic E-state index is -0.0560. The highest BCUT2D eigenvalue weighted by Gasteiger charge is 2.11. The van der Waals surface area contributed by atoms with Crippen molar-refractivity contribution < 1.29 is 0 Å². The van der Waals surface area contributed by atoms with E-state index in [0.29, 0.717) is 12.2 Å². The van der Waals surface area contributed by atoms with E-state index in [1.807, 2.05) is 36.4 Å². The van der Waals surface area contributed by atoms with Crippen LogP contribution < -0.4 is 10.5 Å². The molecular formula is C23H21N3O. The third-order valence-corrected chi connectivity index (χ3v) is 4.56. The van der Waals surface area contributed by atoms with Crippen LogP contribution in [0.5, 0.6) is 0 Å². The highest BCUT2D eigenvalue weighted by molar-refractivity contribution is 5.49. The third-order valence-electron chi connectivity index (χ3n) is 4.56. The van der Waals surface area contributed by atoms with Crippen molar-refractivity contribution in [3.8, 4) is 0 Å². The first-order valence-electron chi connectivity index (χ1n) is 9.02. The van der Waals surface area contributed by atoms with Crippen molar-refractivity contribution in [1.29, 1.82) is 0 Å². The van der Waals surface area contributed by atoms with Gasteiger partial charge in [-0.05, 0) is 42.3 Å². The fourth-order valence-electron chi connectivity index (χ4n) is 3.25. The molecule has 0 saturated carbocycles. The molecule has 2 heterocycles. The Morgan fingerprint density at radius 1 is 0.889 bits per heavy atom. The minimum Gasteiger partial charge on any atom is -0.361 e. The van der Waals surface area contributed by atoms with E-state index in [-0.39, 0.29) is 5.56 Å². The molecule has 4 rings (SSSR count). The zero-order valence-electron chi connectivity index (χ0n) is 15.2. The Hall–Kier alpha value is -3.40. The SMILES string of the molecule is Cc1cccc(N(Cc2ccccc2)Cc2cc(=O)n3ccccc3n2)c1. The molecule has 0 atom stereocenters. The standard InChI is InChI=1S/C23H21N3O/c1-18-8-7-11-21(14-18)25(16-19-9-3-2-4-10-19)17-20-15-23(27)26-13-6-5-12-22(26)24-20/h2-15H,16-17H2,1H3. The Kier molecular flexibility index (Phi) is 4.71. The Morgan fingerprint density at radius 3 is 2.52 bits per heavy atom. The van der Waals surface area contributed by atoms with Crippen LogP contribution in [0.3, 0.4) is 0 Å². The van der Waals surface area contributed by atoms with Crippen molar-refractivity contribution in [2.45, 2.75) is 20.0 Å². The monoisotopic (exact) mass is 355 g/mol. The summed E-state index contributed by atoms with van der Waals surface area (Å²) in [6, 6.07) is 26.0. The molecule has 0 aliphatic rings. The van der Waals surface area contributed by atoms with Crippen LogP contribution in [0.15, 0.2) is 89.9 Å². The highest BCUT2D eigenvalue weighted by Crippen LogP contribution is 2.21. The summed E-state index contributed by atoms with van der Waals surface area (Å²) < 4.78 is 1.57. The third kappa shape index (κ3) is 3.90. The lowest BCUT2D eigenvalue weighted by molar-refractivity contribution is 0.776. The zero-order valence-corrected chi connectivity index (χ0v) is 15.2. The van der Waals surface area contributed by atoms with Crippen molar-refractivity contribution >= 4 is 11.3 Å². The number of aryl methyl sites for hydroxylation is 1. The summed E-state index contributed by atoms with van der Waals surface area (Å²) in [5, 5.41) is 0. The number of hydrogen-bond donors (Lipinski definition) is 0. The van der Waals surface area contributed by atoms with Gasteiger partial charge in [-0.3, -0.25) is 9.20 Å². The lowest BCUT2D eigenvalue weighted by Gasteiger charge is -2.25. The number of fused-ring (bicyclic) bond motifs is 1. The predicted molar refractivity (Wildman–Crippen MR) is 109 cm³/mol. The van der Waals surface area contributed by atoms with Gasteiger partial charge in [0.1, 0.15) is 5.65 Å². The van der Waals surface area contributed by atoms with E-state index < -0.39 is 0 Å². The molecule has 2 aromatic carbocycles. The molecule has 0 unspecified atom stereocenters. The summed E-state index contributed by atoms with van der Waals surface area (Å²) in [6.45, 7) is 3.41. The molecule has 134 valence electrons. The van der Waals surface area contributed by atoms with Crippen molar-refractivity contribution in [3.63, 3.8) is 0 Å². The van der Waals surface area contributed by atoms with Crippen LogP contribution in [0.1, 0.15) is 16.8 Å². The number of aromatic nitrogens is 2. The average molecular weight is 355 g/mol. The summed E-state index contributed by atoms with van der Waals surface area (Å²) >= 11 is 0. The smallest absolute Gasteiger partial charge is 0.258 e. The second-order valence-corrected chi connectivity index (χ2v) is 6.70. The first kappa shape index (κ1) is 17.0. The molecule has 0 radical (unpaired) electrons. The van der Waals surface area contributed by atoms with Gasteiger partial charge in [0.15, 0.2) is 0 Å². The fourth-order valence-corrected chi connectivity index (χ4v) is 3.25. The Morgan fingerprint density at radius 2 is 1.70 bits per heavy atom. The number of hydrogen-bond acceptors (Lipinski definition) is 3. The highest BCUT2D eigenvalue weighted by atomic mass is 16.1. The maximum absolute atomic E-state index is 12.4. The molecule has 0 spiro atoms. The molecule has 4 nitrogen and oxygen atoms in total. The van der Waals surface area contributed by atoms with E-state index in [1.54, 1.807) is 16.7 Å². The van der Waals surface area contributed by atoms with Gasteiger partial charge in [0.25, 0.3) is 5.56 Å². The Bertz CT molecular complexity index is 1120. The summed E-state index contributed by atoms with van der Waals surface area (Å²) in [5.41, 5.74) is 4.93. The topological polar surface area (TPSA) is 37.6 Å². The number of benzene rings is 2.